The van der Waals surface area contributed by atoms with Crippen molar-refractivity contribution >= 4 is 17.7 Å². The Morgan fingerprint density at radius 1 is 0.912 bits per heavy atom. The first kappa shape index (κ1) is 22.9. The Morgan fingerprint density at radius 2 is 1.50 bits per heavy atom. The minimum atomic E-state index is -0.846. The van der Waals surface area contributed by atoms with Gasteiger partial charge in [-0.1, -0.05) is 78.9 Å². The van der Waals surface area contributed by atoms with Crippen LogP contribution >= 0.6 is 0 Å². The van der Waals surface area contributed by atoms with Gasteiger partial charge in [0.15, 0.2) is 0 Å². The van der Waals surface area contributed by atoms with Crippen LogP contribution in [0.2, 0.25) is 0 Å². The molecule has 0 aliphatic carbocycles. The average molecular weight is 455 g/mol. The zero-order valence-electron chi connectivity index (χ0n) is 19.0. The van der Waals surface area contributed by atoms with E-state index in [2.05, 4.69) is 10.3 Å². The predicted octanol–water partition coefficient (Wildman–Crippen LogP) is 6.59. The van der Waals surface area contributed by atoms with Gasteiger partial charge in [-0.05, 0) is 41.7 Å². The zero-order valence-corrected chi connectivity index (χ0v) is 19.0. The number of amides is 1. The van der Waals surface area contributed by atoms with Crippen molar-refractivity contribution in [2.24, 2.45) is 0 Å². The molecule has 1 atom stereocenters. The zero-order chi connectivity index (χ0) is 24.1. The molecule has 0 saturated carbocycles. The number of ether oxygens (including phenoxy) is 1. The summed E-state index contributed by atoms with van der Waals surface area (Å²) in [7, 11) is 0. The Balaban J connectivity index is 1.48. The third kappa shape index (κ3) is 5.35. The number of anilines is 1. The van der Waals surface area contributed by atoms with Crippen LogP contribution in [0.5, 0.6) is 0 Å². The molecule has 0 fully saturated rings. The fourth-order valence-corrected chi connectivity index (χ4v) is 3.83. The molecule has 0 aliphatic heterocycles. The van der Waals surface area contributed by atoms with Gasteiger partial charge in [0.05, 0.1) is 12.1 Å². The number of H-pyrrole nitrogens is 1. The summed E-state index contributed by atoms with van der Waals surface area (Å²) in [5.74, 6) is -0.846. The van der Waals surface area contributed by atoms with Gasteiger partial charge in [-0.3, -0.25) is 10.1 Å². The standard InChI is InChI=1S/C28H26N2O4/c1-18-27(30-28(33)34-19(2)21-6-4-3-5-7-21)25(17-29-18)24-14-12-23(13-15-24)22-10-8-20(9-11-22)16-26(31)32/h3-15,17,19,29H,16H2,1-2H3,(H,30,33)(H,31,32). The van der Waals surface area contributed by atoms with Crippen molar-refractivity contribution in [3.05, 3.63) is 102 Å². The summed E-state index contributed by atoms with van der Waals surface area (Å²) >= 11 is 0. The number of aromatic amines is 1. The minimum Gasteiger partial charge on any atom is -0.481 e. The fraction of sp³-hybridized carbons (Fsp3) is 0.143. The molecule has 0 bridgehead atoms. The normalized spacial score (nSPS) is 11.6. The van der Waals surface area contributed by atoms with Gasteiger partial charge >= 0.3 is 12.1 Å². The Labute approximate surface area is 198 Å². The van der Waals surface area contributed by atoms with Crippen molar-refractivity contribution in [1.82, 2.24) is 4.98 Å². The largest absolute Gasteiger partial charge is 0.481 e. The molecule has 4 aromatic rings. The number of rotatable bonds is 7. The Bertz CT molecular complexity index is 1280. The first-order valence-electron chi connectivity index (χ1n) is 11.0. The summed E-state index contributed by atoms with van der Waals surface area (Å²) in [4.78, 5) is 26.6. The number of nitrogens with one attached hydrogen (secondary N) is 2. The molecule has 6 heteroatoms. The molecule has 4 rings (SSSR count). The molecular formula is C28H26N2O4. The van der Waals surface area contributed by atoms with Crippen molar-refractivity contribution in [1.29, 1.82) is 0 Å². The van der Waals surface area contributed by atoms with E-state index in [0.29, 0.717) is 5.69 Å². The van der Waals surface area contributed by atoms with E-state index in [0.717, 1.165) is 39.1 Å². The molecule has 172 valence electrons. The number of hydrogen-bond donors (Lipinski definition) is 3. The lowest BCUT2D eigenvalue weighted by Gasteiger charge is -2.15. The third-order valence-corrected chi connectivity index (χ3v) is 5.70. The molecule has 3 aromatic carbocycles. The van der Waals surface area contributed by atoms with E-state index in [-0.39, 0.29) is 12.5 Å². The molecule has 34 heavy (non-hydrogen) atoms. The molecule has 0 saturated heterocycles. The molecule has 6 nitrogen and oxygen atoms in total. The predicted molar refractivity (Wildman–Crippen MR) is 133 cm³/mol. The van der Waals surface area contributed by atoms with Crippen LogP contribution in [0.3, 0.4) is 0 Å². The summed E-state index contributed by atoms with van der Waals surface area (Å²) < 4.78 is 5.57. The summed E-state index contributed by atoms with van der Waals surface area (Å²) in [5, 5.41) is 11.8. The van der Waals surface area contributed by atoms with Gasteiger partial charge in [-0.15, -0.1) is 0 Å². The summed E-state index contributed by atoms with van der Waals surface area (Å²) in [6.45, 7) is 3.74. The number of carboxylic acid groups (broad SMARTS) is 1. The fourth-order valence-electron chi connectivity index (χ4n) is 3.83. The Morgan fingerprint density at radius 3 is 2.12 bits per heavy atom. The van der Waals surface area contributed by atoms with Crippen LogP contribution in [0.25, 0.3) is 22.3 Å². The van der Waals surface area contributed by atoms with Crippen LogP contribution < -0.4 is 5.32 Å². The van der Waals surface area contributed by atoms with Gasteiger partial charge in [0, 0.05) is 17.5 Å². The number of hydrogen-bond acceptors (Lipinski definition) is 3. The molecule has 1 amide bonds. The maximum absolute atomic E-state index is 12.6. The number of aromatic nitrogens is 1. The van der Waals surface area contributed by atoms with E-state index in [9.17, 15) is 9.59 Å². The molecule has 1 unspecified atom stereocenters. The quantitative estimate of drug-likeness (QED) is 0.294. The van der Waals surface area contributed by atoms with E-state index >= 15 is 0 Å². The maximum atomic E-state index is 12.6. The lowest BCUT2D eigenvalue weighted by molar-refractivity contribution is -0.136. The second kappa shape index (κ2) is 10.1. The molecule has 1 aromatic heterocycles. The van der Waals surface area contributed by atoms with Crippen molar-refractivity contribution in [3.63, 3.8) is 0 Å². The lowest BCUT2D eigenvalue weighted by atomic mass is 9.99. The highest BCUT2D eigenvalue weighted by Crippen LogP contribution is 2.33. The number of aryl methyl sites for hydroxylation is 1. The Hall–Kier alpha value is -4.32. The SMILES string of the molecule is Cc1[nH]cc(-c2ccc(-c3ccc(CC(=O)O)cc3)cc2)c1NC(=O)OC(C)c1ccccc1. The van der Waals surface area contributed by atoms with Crippen LogP contribution in [0, 0.1) is 6.92 Å². The average Bonchev–Trinajstić information content (AvgIpc) is 3.19. The van der Waals surface area contributed by atoms with Gasteiger partial charge in [0.2, 0.25) is 0 Å². The number of carbonyl (C=O) groups is 2. The van der Waals surface area contributed by atoms with Crippen LogP contribution in [0.4, 0.5) is 10.5 Å². The smallest absolute Gasteiger partial charge is 0.412 e. The molecule has 1 heterocycles. The van der Waals surface area contributed by atoms with Gasteiger partial charge < -0.3 is 14.8 Å². The third-order valence-electron chi connectivity index (χ3n) is 5.70. The van der Waals surface area contributed by atoms with Gasteiger partial charge in [0.25, 0.3) is 0 Å². The first-order chi connectivity index (χ1) is 16.4. The molecule has 0 aliphatic rings. The van der Waals surface area contributed by atoms with E-state index in [1.54, 1.807) is 0 Å². The van der Waals surface area contributed by atoms with Crippen molar-refractivity contribution in [3.8, 4) is 22.3 Å². The molecule has 0 radical (unpaired) electrons. The highest BCUT2D eigenvalue weighted by molar-refractivity contribution is 5.93. The van der Waals surface area contributed by atoms with Crippen LogP contribution in [-0.4, -0.2) is 22.2 Å². The topological polar surface area (TPSA) is 91.4 Å². The summed E-state index contributed by atoms with van der Waals surface area (Å²) in [6, 6.07) is 25.1. The van der Waals surface area contributed by atoms with Gasteiger partial charge in [-0.2, -0.15) is 0 Å². The highest BCUT2D eigenvalue weighted by Gasteiger charge is 2.17. The number of carboxylic acids is 1. The molecule has 3 N–H and O–H groups in total. The lowest BCUT2D eigenvalue weighted by Crippen LogP contribution is -2.16. The number of aliphatic carboxylic acids is 1. The maximum Gasteiger partial charge on any atom is 0.412 e. The van der Waals surface area contributed by atoms with Crippen LogP contribution in [0.1, 0.15) is 29.8 Å². The number of benzene rings is 3. The number of carbonyl (C=O) groups excluding carboxylic acids is 1. The van der Waals surface area contributed by atoms with E-state index < -0.39 is 12.1 Å². The van der Waals surface area contributed by atoms with Gasteiger partial charge in [0.1, 0.15) is 6.10 Å². The van der Waals surface area contributed by atoms with Crippen molar-refractivity contribution < 1.29 is 19.4 Å². The van der Waals surface area contributed by atoms with E-state index in [1.165, 1.54) is 0 Å². The van der Waals surface area contributed by atoms with Crippen LogP contribution in [-0.2, 0) is 16.0 Å². The molecule has 0 spiro atoms. The van der Waals surface area contributed by atoms with Crippen molar-refractivity contribution in [2.75, 3.05) is 5.32 Å². The first-order valence-corrected chi connectivity index (χ1v) is 11.0. The summed E-state index contributed by atoms with van der Waals surface area (Å²) in [5.41, 5.74) is 7.03. The minimum absolute atomic E-state index is 0.00833. The second-order valence-corrected chi connectivity index (χ2v) is 8.13. The van der Waals surface area contributed by atoms with Crippen molar-refractivity contribution in [2.45, 2.75) is 26.4 Å². The monoisotopic (exact) mass is 454 g/mol. The second-order valence-electron chi connectivity index (χ2n) is 8.13. The van der Waals surface area contributed by atoms with E-state index in [1.807, 2.05) is 98.9 Å². The van der Waals surface area contributed by atoms with Crippen LogP contribution in [0.15, 0.2) is 85.1 Å². The Kier molecular flexibility index (Phi) is 6.78. The summed E-state index contributed by atoms with van der Waals surface area (Å²) in [6.07, 6.45) is 0.985. The highest BCUT2D eigenvalue weighted by atomic mass is 16.6. The van der Waals surface area contributed by atoms with E-state index in [4.69, 9.17) is 9.84 Å². The molecular weight excluding hydrogens is 428 g/mol. The van der Waals surface area contributed by atoms with Gasteiger partial charge in [-0.25, -0.2) is 4.79 Å².